The van der Waals surface area contributed by atoms with E-state index in [-0.39, 0.29) is 11.4 Å². The predicted octanol–water partition coefficient (Wildman–Crippen LogP) is 1.67. The van der Waals surface area contributed by atoms with Crippen LogP contribution in [-0.4, -0.2) is 64.7 Å². The van der Waals surface area contributed by atoms with Crippen LogP contribution in [-0.2, 0) is 23.1 Å². The van der Waals surface area contributed by atoms with Crippen molar-refractivity contribution in [2.45, 2.75) is 18.6 Å². The fourth-order valence-electron chi connectivity index (χ4n) is 3.97. The van der Waals surface area contributed by atoms with Crippen LogP contribution in [0, 0.1) is 11.7 Å². The lowest BCUT2D eigenvalue weighted by atomic mass is 9.94. The van der Waals surface area contributed by atoms with Crippen LogP contribution < -0.4 is 5.32 Å². The number of anilines is 1. The SMILES string of the molecule is Cn1cc(CN2CCOCC3(CC(CNc4ncccc4F)CO3)C2)cn1. The molecular weight excluding hydrogens is 349 g/mol. The topological polar surface area (TPSA) is 64.4 Å². The van der Waals surface area contributed by atoms with Crippen LogP contribution >= 0.6 is 0 Å². The second-order valence-electron chi connectivity index (χ2n) is 7.56. The summed E-state index contributed by atoms with van der Waals surface area (Å²) in [5.41, 5.74) is 0.893. The van der Waals surface area contributed by atoms with Crippen molar-refractivity contribution in [3.63, 3.8) is 0 Å². The summed E-state index contributed by atoms with van der Waals surface area (Å²) in [5.74, 6) is 0.272. The van der Waals surface area contributed by atoms with Crippen LogP contribution in [0.2, 0.25) is 0 Å². The summed E-state index contributed by atoms with van der Waals surface area (Å²) in [7, 11) is 1.93. The van der Waals surface area contributed by atoms with Crippen molar-refractivity contribution in [1.29, 1.82) is 0 Å². The number of hydrogen-bond acceptors (Lipinski definition) is 6. The first-order valence-corrected chi connectivity index (χ1v) is 9.38. The molecule has 2 saturated heterocycles. The zero-order chi connectivity index (χ0) is 18.7. The third-order valence-corrected chi connectivity index (χ3v) is 5.20. The quantitative estimate of drug-likeness (QED) is 0.858. The van der Waals surface area contributed by atoms with Crippen LogP contribution in [0.3, 0.4) is 0 Å². The van der Waals surface area contributed by atoms with Gasteiger partial charge in [0.1, 0.15) is 5.60 Å². The number of aryl methyl sites for hydroxylation is 1. The number of ether oxygens (including phenoxy) is 2. The summed E-state index contributed by atoms with van der Waals surface area (Å²) in [5, 5.41) is 7.36. The Bertz CT molecular complexity index is 770. The van der Waals surface area contributed by atoms with Gasteiger partial charge in [-0.3, -0.25) is 9.58 Å². The highest BCUT2D eigenvalue weighted by molar-refractivity contribution is 5.35. The van der Waals surface area contributed by atoms with Crippen LogP contribution in [0.4, 0.5) is 10.2 Å². The molecule has 146 valence electrons. The molecule has 2 atom stereocenters. The molecule has 2 unspecified atom stereocenters. The van der Waals surface area contributed by atoms with Crippen molar-refractivity contribution in [2.75, 3.05) is 44.8 Å². The summed E-state index contributed by atoms with van der Waals surface area (Å²) in [6, 6.07) is 3.01. The molecule has 2 fully saturated rings. The molecule has 0 saturated carbocycles. The maximum atomic E-state index is 13.7. The molecule has 4 rings (SSSR count). The van der Waals surface area contributed by atoms with E-state index in [0.29, 0.717) is 38.1 Å². The van der Waals surface area contributed by atoms with E-state index in [0.717, 1.165) is 26.1 Å². The molecule has 2 aliphatic rings. The number of rotatable bonds is 5. The molecule has 1 N–H and O–H groups in total. The Morgan fingerprint density at radius 3 is 3.19 bits per heavy atom. The Labute approximate surface area is 158 Å². The normalized spacial score (nSPS) is 26.4. The molecule has 4 heterocycles. The van der Waals surface area contributed by atoms with E-state index in [1.165, 1.54) is 11.6 Å². The number of pyridine rings is 1. The average Bonchev–Trinajstić information content (AvgIpc) is 3.18. The van der Waals surface area contributed by atoms with Crippen molar-refractivity contribution in [3.8, 4) is 0 Å². The Kier molecular flexibility index (Phi) is 5.38. The summed E-state index contributed by atoms with van der Waals surface area (Å²) in [6.07, 6.45) is 6.43. The number of hydrogen-bond donors (Lipinski definition) is 1. The molecule has 0 aromatic carbocycles. The molecule has 1 spiro atoms. The standard InChI is InChI=1S/C19H26FN5O2/c1-24-10-16(9-23-24)11-25-5-6-26-14-19(13-25)7-15(12-27-19)8-22-18-17(20)3-2-4-21-18/h2-4,9-10,15H,5-8,11-14H2,1H3,(H,21,22). The molecule has 0 radical (unpaired) electrons. The zero-order valence-corrected chi connectivity index (χ0v) is 15.6. The Balaban J connectivity index is 1.35. The third-order valence-electron chi connectivity index (χ3n) is 5.20. The first kappa shape index (κ1) is 18.3. The average molecular weight is 375 g/mol. The monoisotopic (exact) mass is 375 g/mol. The highest BCUT2D eigenvalue weighted by Crippen LogP contribution is 2.33. The Morgan fingerprint density at radius 2 is 2.37 bits per heavy atom. The lowest BCUT2D eigenvalue weighted by Crippen LogP contribution is -2.43. The maximum absolute atomic E-state index is 13.7. The molecule has 2 aromatic heterocycles. The molecule has 0 bridgehead atoms. The van der Waals surface area contributed by atoms with Crippen molar-refractivity contribution in [2.24, 2.45) is 13.0 Å². The highest BCUT2D eigenvalue weighted by atomic mass is 19.1. The van der Waals surface area contributed by atoms with Crippen molar-refractivity contribution in [3.05, 3.63) is 42.1 Å². The van der Waals surface area contributed by atoms with Gasteiger partial charge in [-0.2, -0.15) is 5.10 Å². The Hall–Kier alpha value is -2.03. The molecule has 7 nitrogen and oxygen atoms in total. The highest BCUT2D eigenvalue weighted by Gasteiger charge is 2.43. The van der Waals surface area contributed by atoms with E-state index >= 15 is 0 Å². The number of nitrogens with one attached hydrogen (secondary N) is 1. The smallest absolute Gasteiger partial charge is 0.165 e. The van der Waals surface area contributed by atoms with Gasteiger partial charge in [0.15, 0.2) is 11.6 Å². The number of halogens is 1. The lowest BCUT2D eigenvalue weighted by Gasteiger charge is -2.31. The second kappa shape index (κ2) is 7.92. The second-order valence-corrected chi connectivity index (χ2v) is 7.56. The number of nitrogens with zero attached hydrogens (tertiary/aromatic N) is 4. The first-order valence-electron chi connectivity index (χ1n) is 9.38. The summed E-state index contributed by atoms with van der Waals surface area (Å²) >= 11 is 0. The third kappa shape index (κ3) is 4.45. The Morgan fingerprint density at radius 1 is 1.44 bits per heavy atom. The van der Waals surface area contributed by atoms with Gasteiger partial charge < -0.3 is 14.8 Å². The zero-order valence-electron chi connectivity index (χ0n) is 15.6. The van der Waals surface area contributed by atoms with Gasteiger partial charge in [-0.15, -0.1) is 0 Å². The summed E-state index contributed by atoms with van der Waals surface area (Å²) in [6.45, 7) is 5.13. The molecule has 2 aromatic rings. The van der Waals surface area contributed by atoms with E-state index in [1.807, 2.05) is 24.1 Å². The lowest BCUT2D eigenvalue weighted by molar-refractivity contribution is -0.0562. The van der Waals surface area contributed by atoms with E-state index < -0.39 is 0 Å². The molecular formula is C19H26FN5O2. The van der Waals surface area contributed by atoms with Gasteiger partial charge >= 0.3 is 0 Å². The molecule has 2 aliphatic heterocycles. The van der Waals surface area contributed by atoms with Gasteiger partial charge in [0.05, 0.1) is 26.0 Å². The van der Waals surface area contributed by atoms with Gasteiger partial charge in [0.25, 0.3) is 0 Å². The predicted molar refractivity (Wildman–Crippen MR) is 98.8 cm³/mol. The fraction of sp³-hybridized carbons (Fsp3) is 0.579. The summed E-state index contributed by atoms with van der Waals surface area (Å²) in [4.78, 5) is 6.42. The van der Waals surface area contributed by atoms with Crippen molar-refractivity contribution >= 4 is 5.82 Å². The van der Waals surface area contributed by atoms with Crippen molar-refractivity contribution < 1.29 is 13.9 Å². The van der Waals surface area contributed by atoms with E-state index in [2.05, 4.69) is 20.3 Å². The van der Waals surface area contributed by atoms with Crippen LogP contribution in [0.1, 0.15) is 12.0 Å². The van der Waals surface area contributed by atoms with Crippen LogP contribution in [0.5, 0.6) is 0 Å². The van der Waals surface area contributed by atoms with Crippen molar-refractivity contribution in [1.82, 2.24) is 19.7 Å². The minimum atomic E-state index is -0.327. The molecule has 8 heteroatoms. The van der Waals surface area contributed by atoms with E-state index in [1.54, 1.807) is 12.3 Å². The first-order chi connectivity index (χ1) is 13.1. The van der Waals surface area contributed by atoms with Gasteiger partial charge in [-0.05, 0) is 18.6 Å². The molecule has 0 amide bonds. The minimum absolute atomic E-state index is 0.298. The molecule has 0 aliphatic carbocycles. The van der Waals surface area contributed by atoms with E-state index in [4.69, 9.17) is 9.47 Å². The van der Waals surface area contributed by atoms with Gasteiger partial charge in [0.2, 0.25) is 0 Å². The summed E-state index contributed by atoms with van der Waals surface area (Å²) < 4.78 is 27.6. The number of aromatic nitrogens is 3. The fourth-order valence-corrected chi connectivity index (χ4v) is 3.97. The largest absolute Gasteiger partial charge is 0.377 e. The van der Waals surface area contributed by atoms with Gasteiger partial charge in [0, 0.05) is 57.1 Å². The minimum Gasteiger partial charge on any atom is -0.377 e. The maximum Gasteiger partial charge on any atom is 0.165 e. The van der Waals surface area contributed by atoms with Crippen LogP contribution in [0.15, 0.2) is 30.7 Å². The van der Waals surface area contributed by atoms with Crippen LogP contribution in [0.25, 0.3) is 0 Å². The van der Waals surface area contributed by atoms with Gasteiger partial charge in [-0.1, -0.05) is 0 Å². The molecule has 27 heavy (non-hydrogen) atoms. The van der Waals surface area contributed by atoms with Gasteiger partial charge in [-0.25, -0.2) is 9.37 Å². The van der Waals surface area contributed by atoms with E-state index in [9.17, 15) is 4.39 Å².